The molecule has 1 aromatic carbocycles. The van der Waals surface area contributed by atoms with E-state index in [2.05, 4.69) is 4.99 Å². The zero-order valence-corrected chi connectivity index (χ0v) is 11.3. The van der Waals surface area contributed by atoms with Crippen molar-refractivity contribution in [3.8, 4) is 0 Å². The molecule has 0 aromatic heterocycles. The van der Waals surface area contributed by atoms with E-state index in [1.54, 1.807) is 0 Å². The lowest BCUT2D eigenvalue weighted by molar-refractivity contribution is -0.115. The van der Waals surface area contributed by atoms with Crippen LogP contribution in [0.4, 0.5) is 0 Å². The van der Waals surface area contributed by atoms with Crippen molar-refractivity contribution in [2.24, 2.45) is 4.99 Å². The van der Waals surface area contributed by atoms with Gasteiger partial charge in [0.15, 0.2) is 5.78 Å². The molecule has 1 aliphatic rings. The van der Waals surface area contributed by atoms with Crippen LogP contribution in [0.1, 0.15) is 38.2 Å². The summed E-state index contributed by atoms with van der Waals surface area (Å²) in [5, 5.41) is 9.24. The molecule has 0 heterocycles. The second kappa shape index (κ2) is 5.83. The maximum Gasteiger partial charge on any atom is 0.168 e. The summed E-state index contributed by atoms with van der Waals surface area (Å²) < 4.78 is 0. The summed E-state index contributed by atoms with van der Waals surface area (Å²) >= 11 is 0. The number of hydrogen-bond acceptors (Lipinski definition) is 3. The van der Waals surface area contributed by atoms with Gasteiger partial charge in [-0.2, -0.15) is 0 Å². The van der Waals surface area contributed by atoms with Gasteiger partial charge in [0.05, 0.1) is 11.8 Å². The molecular formula is C16H19NO2. The van der Waals surface area contributed by atoms with Gasteiger partial charge in [-0.1, -0.05) is 30.3 Å². The number of ketones is 1. The molecule has 19 heavy (non-hydrogen) atoms. The van der Waals surface area contributed by atoms with E-state index in [1.807, 2.05) is 44.2 Å². The highest BCUT2D eigenvalue weighted by molar-refractivity contribution is 6.24. The largest absolute Gasteiger partial charge is 0.515 e. The predicted octanol–water partition coefficient (Wildman–Crippen LogP) is 3.42. The Balaban J connectivity index is 2.31. The summed E-state index contributed by atoms with van der Waals surface area (Å²) in [7, 11) is 0. The highest BCUT2D eigenvalue weighted by Crippen LogP contribution is 2.32. The van der Waals surface area contributed by atoms with Crippen LogP contribution in [0.25, 0.3) is 0 Å². The summed E-state index contributed by atoms with van der Waals surface area (Å²) in [5.74, 6) is 0.136. The summed E-state index contributed by atoms with van der Waals surface area (Å²) in [4.78, 5) is 16.6. The number of Topliss-reactive ketones (excluding diaryl/α,β-unsaturated/α-hetero) is 1. The van der Waals surface area contributed by atoms with Gasteiger partial charge in [-0.25, -0.2) is 0 Å². The molecule has 0 bridgehead atoms. The zero-order valence-electron chi connectivity index (χ0n) is 11.3. The van der Waals surface area contributed by atoms with Crippen LogP contribution in [0.15, 0.2) is 47.2 Å². The monoisotopic (exact) mass is 257 g/mol. The third kappa shape index (κ3) is 3.11. The van der Waals surface area contributed by atoms with Gasteiger partial charge >= 0.3 is 0 Å². The molecule has 0 aliphatic heterocycles. The van der Waals surface area contributed by atoms with Gasteiger partial charge in [0, 0.05) is 18.2 Å². The molecule has 3 heteroatoms. The third-order valence-corrected chi connectivity index (χ3v) is 3.30. The minimum Gasteiger partial charge on any atom is -0.515 e. The summed E-state index contributed by atoms with van der Waals surface area (Å²) in [5.41, 5.74) is 2.26. The summed E-state index contributed by atoms with van der Waals surface area (Å²) in [6.45, 7) is 3.94. The average Bonchev–Trinajstić information content (AvgIpc) is 2.38. The van der Waals surface area contributed by atoms with E-state index in [0.717, 1.165) is 17.5 Å². The van der Waals surface area contributed by atoms with Gasteiger partial charge in [-0.3, -0.25) is 9.79 Å². The van der Waals surface area contributed by atoms with Gasteiger partial charge in [0.25, 0.3) is 0 Å². The maximum atomic E-state index is 12.1. The number of aliphatic hydroxyl groups is 1. The molecule has 1 unspecified atom stereocenters. The van der Waals surface area contributed by atoms with Crippen LogP contribution in [0.5, 0.6) is 0 Å². The van der Waals surface area contributed by atoms with E-state index in [-0.39, 0.29) is 17.7 Å². The first-order chi connectivity index (χ1) is 9.11. The van der Waals surface area contributed by atoms with Gasteiger partial charge in [-0.05, 0) is 31.7 Å². The fourth-order valence-corrected chi connectivity index (χ4v) is 2.45. The highest BCUT2D eigenvalue weighted by atomic mass is 16.2. The molecule has 100 valence electrons. The third-order valence-electron chi connectivity index (χ3n) is 3.30. The quantitative estimate of drug-likeness (QED) is 0.652. The van der Waals surface area contributed by atoms with Crippen LogP contribution < -0.4 is 0 Å². The fourth-order valence-electron chi connectivity index (χ4n) is 2.45. The molecular weight excluding hydrogens is 238 g/mol. The number of carbonyl (C=O) groups excluding carboxylic acids is 1. The van der Waals surface area contributed by atoms with Crippen LogP contribution in [0.2, 0.25) is 0 Å². The number of carbonyl (C=O) groups is 1. The smallest absolute Gasteiger partial charge is 0.168 e. The van der Waals surface area contributed by atoms with Crippen molar-refractivity contribution in [2.45, 2.75) is 38.6 Å². The van der Waals surface area contributed by atoms with Crippen LogP contribution in [0, 0.1) is 0 Å². The Morgan fingerprint density at radius 1 is 1.26 bits per heavy atom. The standard InChI is InChI=1S/C16H19NO2/c1-11(2)17-15-8-13(9-16(19)14(15)10-18)12-6-4-3-5-7-12/h3-7,10-11,13,18H,8-9H2,1-2H3/b14-10-,17-15?. The van der Waals surface area contributed by atoms with Gasteiger partial charge < -0.3 is 5.11 Å². The van der Waals surface area contributed by atoms with Crippen molar-refractivity contribution in [2.75, 3.05) is 0 Å². The van der Waals surface area contributed by atoms with Crippen molar-refractivity contribution in [1.82, 2.24) is 0 Å². The molecule has 3 nitrogen and oxygen atoms in total. The topological polar surface area (TPSA) is 49.7 Å². The van der Waals surface area contributed by atoms with E-state index in [1.165, 1.54) is 0 Å². The van der Waals surface area contributed by atoms with Crippen molar-refractivity contribution in [3.63, 3.8) is 0 Å². The van der Waals surface area contributed by atoms with Crippen LogP contribution >= 0.6 is 0 Å². The highest BCUT2D eigenvalue weighted by Gasteiger charge is 2.30. The van der Waals surface area contributed by atoms with Gasteiger partial charge in [0.1, 0.15) is 0 Å². The fraction of sp³-hybridized carbons (Fsp3) is 0.375. The number of hydrogen-bond donors (Lipinski definition) is 1. The lowest BCUT2D eigenvalue weighted by Crippen LogP contribution is -2.26. The number of rotatable bonds is 2. The Hall–Kier alpha value is -1.90. The van der Waals surface area contributed by atoms with E-state index in [4.69, 9.17) is 0 Å². The normalized spacial score (nSPS) is 24.4. The minimum absolute atomic E-state index is 0.0259. The van der Waals surface area contributed by atoms with Crippen molar-refractivity contribution >= 4 is 11.5 Å². The first-order valence-electron chi connectivity index (χ1n) is 6.61. The SMILES string of the molecule is CC(C)N=C1CC(c2ccccc2)CC(=O)/C1=C\O. The first kappa shape index (κ1) is 13.5. The molecule has 1 atom stereocenters. The Bertz CT molecular complexity index is 515. The van der Waals surface area contributed by atoms with Crippen LogP contribution in [0.3, 0.4) is 0 Å². The average molecular weight is 257 g/mol. The predicted molar refractivity (Wildman–Crippen MR) is 76.7 cm³/mol. The van der Waals surface area contributed by atoms with E-state index < -0.39 is 0 Å². The van der Waals surface area contributed by atoms with Crippen molar-refractivity contribution in [3.05, 3.63) is 47.7 Å². The minimum atomic E-state index is -0.0259. The Morgan fingerprint density at radius 2 is 1.95 bits per heavy atom. The second-order valence-corrected chi connectivity index (χ2v) is 5.15. The van der Waals surface area contributed by atoms with E-state index in [9.17, 15) is 9.90 Å². The molecule has 0 radical (unpaired) electrons. The number of allylic oxidation sites excluding steroid dienone is 1. The van der Waals surface area contributed by atoms with E-state index in [0.29, 0.717) is 18.4 Å². The molecule has 0 amide bonds. The van der Waals surface area contributed by atoms with Crippen molar-refractivity contribution in [1.29, 1.82) is 0 Å². The molecule has 0 saturated heterocycles. The van der Waals surface area contributed by atoms with Gasteiger partial charge in [-0.15, -0.1) is 0 Å². The maximum absolute atomic E-state index is 12.1. The van der Waals surface area contributed by atoms with Crippen LogP contribution in [-0.2, 0) is 4.79 Å². The lowest BCUT2D eigenvalue weighted by Gasteiger charge is -2.25. The first-order valence-corrected chi connectivity index (χ1v) is 6.61. The molecule has 1 saturated carbocycles. The van der Waals surface area contributed by atoms with Crippen molar-refractivity contribution < 1.29 is 9.90 Å². The number of nitrogens with zero attached hydrogens (tertiary/aromatic N) is 1. The molecule has 1 aliphatic carbocycles. The Labute approximate surface area is 113 Å². The number of aliphatic hydroxyl groups excluding tert-OH is 1. The molecule has 2 rings (SSSR count). The Morgan fingerprint density at radius 3 is 2.53 bits per heavy atom. The van der Waals surface area contributed by atoms with E-state index >= 15 is 0 Å². The second-order valence-electron chi connectivity index (χ2n) is 5.15. The van der Waals surface area contributed by atoms with Gasteiger partial charge in [0.2, 0.25) is 0 Å². The molecule has 1 N–H and O–H groups in total. The molecule has 0 spiro atoms. The summed E-state index contributed by atoms with van der Waals surface area (Å²) in [6, 6.07) is 10.1. The molecule has 1 fully saturated rings. The lowest BCUT2D eigenvalue weighted by atomic mass is 9.80. The number of aliphatic imine (C=N–C) groups is 1. The zero-order chi connectivity index (χ0) is 13.8. The van der Waals surface area contributed by atoms with Crippen LogP contribution in [-0.4, -0.2) is 22.6 Å². The Kier molecular flexibility index (Phi) is 4.15. The summed E-state index contributed by atoms with van der Waals surface area (Å²) in [6.07, 6.45) is 2.05. The molecule has 1 aromatic rings. The number of benzene rings is 1.